The lowest BCUT2D eigenvalue weighted by Crippen LogP contribution is -2.41. The summed E-state index contributed by atoms with van der Waals surface area (Å²) in [5.74, 6) is -1.19. The number of carbonyl (C=O) groups is 4. The Bertz CT molecular complexity index is 1290. The summed E-state index contributed by atoms with van der Waals surface area (Å²) in [5, 5.41) is 15.9. The molecule has 2 aliphatic heterocycles. The summed E-state index contributed by atoms with van der Waals surface area (Å²) in [7, 11) is 2.41. The van der Waals surface area contributed by atoms with Crippen molar-refractivity contribution in [1.29, 1.82) is 0 Å². The van der Waals surface area contributed by atoms with Crippen molar-refractivity contribution in [3.8, 4) is 17.3 Å². The maximum Gasteiger partial charge on any atom is 0.328 e. The number of carbonyl (C=O) groups excluding carboxylic acids is 4. The Morgan fingerprint density at radius 2 is 1.89 bits per heavy atom. The van der Waals surface area contributed by atoms with E-state index in [0.717, 1.165) is 0 Å². The quantitative estimate of drug-likeness (QED) is 0.330. The number of ether oxygens (including phenoxy) is 2. The first kappa shape index (κ1) is 28.2. The van der Waals surface area contributed by atoms with E-state index in [2.05, 4.69) is 25.3 Å². The lowest BCUT2D eigenvalue weighted by atomic mass is 9.96. The van der Waals surface area contributed by atoms with Gasteiger partial charge in [0.25, 0.3) is 5.91 Å². The molecule has 2 aliphatic rings. The number of aromatic hydroxyl groups is 1. The zero-order chi connectivity index (χ0) is 28.0. The highest BCUT2D eigenvalue weighted by atomic mass is 16.5. The predicted molar refractivity (Wildman–Crippen MR) is 133 cm³/mol. The molecule has 0 saturated carbocycles. The van der Waals surface area contributed by atoms with Gasteiger partial charge >= 0.3 is 11.9 Å². The molecule has 13 heteroatoms. The van der Waals surface area contributed by atoms with Gasteiger partial charge in [0.2, 0.25) is 11.8 Å². The van der Waals surface area contributed by atoms with E-state index >= 15 is 0 Å². The third-order valence-corrected chi connectivity index (χ3v) is 5.64. The molecule has 0 aromatic carbocycles. The first-order chi connectivity index (χ1) is 17.9. The van der Waals surface area contributed by atoms with Crippen LogP contribution in [-0.2, 0) is 36.8 Å². The van der Waals surface area contributed by atoms with Crippen LogP contribution in [0.2, 0.25) is 0 Å². The molecule has 0 fully saturated rings. The number of methoxy groups -OCH3 is 2. The van der Waals surface area contributed by atoms with Crippen LogP contribution in [0.25, 0.3) is 11.4 Å². The Kier molecular flexibility index (Phi) is 8.71. The second-order valence-corrected chi connectivity index (χ2v) is 9.52. The molecule has 0 unspecified atom stereocenters. The molecule has 38 heavy (non-hydrogen) atoms. The molecule has 13 nitrogen and oxygen atoms in total. The van der Waals surface area contributed by atoms with Gasteiger partial charge in [0, 0.05) is 24.8 Å². The highest BCUT2D eigenvalue weighted by Crippen LogP contribution is 2.32. The Labute approximate surface area is 218 Å². The fraction of sp³-hybridized carbons (Fsp3) is 0.440. The highest BCUT2D eigenvalue weighted by molar-refractivity contribution is 5.95. The van der Waals surface area contributed by atoms with Crippen LogP contribution in [0.15, 0.2) is 28.9 Å². The number of amides is 2. The van der Waals surface area contributed by atoms with Crippen LogP contribution >= 0.6 is 0 Å². The average molecular weight is 530 g/mol. The Balaban J connectivity index is 1.64. The minimum absolute atomic E-state index is 0.00221. The zero-order valence-electron chi connectivity index (χ0n) is 21.9. The number of nitrogens with one attached hydrogen (secondary N) is 2. The minimum Gasteiger partial charge on any atom is -0.494 e. The summed E-state index contributed by atoms with van der Waals surface area (Å²) in [6.07, 6.45) is 1.65. The van der Waals surface area contributed by atoms with Crippen LogP contribution < -0.4 is 10.6 Å². The third-order valence-electron chi connectivity index (χ3n) is 5.64. The van der Waals surface area contributed by atoms with Crippen molar-refractivity contribution in [1.82, 2.24) is 19.9 Å². The topological polar surface area (TPSA) is 175 Å². The zero-order valence-corrected chi connectivity index (χ0v) is 21.9. The van der Waals surface area contributed by atoms with Gasteiger partial charge in [0.15, 0.2) is 11.6 Å². The molecular formula is C25H31N5O8. The number of aryl methyl sites for hydroxylation is 2. The van der Waals surface area contributed by atoms with Gasteiger partial charge in [-0.15, -0.1) is 0 Å². The average Bonchev–Trinajstić information content (AvgIpc) is 3.52. The maximum atomic E-state index is 12.6. The molecule has 0 aliphatic carbocycles. The Morgan fingerprint density at radius 3 is 2.55 bits per heavy atom. The normalized spacial score (nSPS) is 12.1. The van der Waals surface area contributed by atoms with Crippen LogP contribution in [0.5, 0.6) is 5.88 Å². The van der Waals surface area contributed by atoms with Crippen LogP contribution in [0.3, 0.4) is 0 Å². The van der Waals surface area contributed by atoms with Gasteiger partial charge in [0.1, 0.15) is 17.6 Å². The molecule has 1 aromatic rings. The lowest BCUT2D eigenvalue weighted by Gasteiger charge is -2.16. The number of rotatable bonds is 10. The van der Waals surface area contributed by atoms with E-state index in [-0.39, 0.29) is 42.8 Å². The number of aromatic nitrogens is 3. The van der Waals surface area contributed by atoms with E-state index in [1.54, 1.807) is 32.9 Å². The van der Waals surface area contributed by atoms with Gasteiger partial charge in [0.05, 0.1) is 26.1 Å². The van der Waals surface area contributed by atoms with Gasteiger partial charge in [-0.3, -0.25) is 14.4 Å². The summed E-state index contributed by atoms with van der Waals surface area (Å²) in [5.41, 5.74) is -0.236. The molecule has 2 amide bonds. The van der Waals surface area contributed by atoms with Gasteiger partial charge in [-0.1, -0.05) is 20.8 Å². The number of fused-ring (bicyclic) bond motifs is 1. The second kappa shape index (κ2) is 11.8. The number of hydrogen-bond acceptors (Lipinski definition) is 10. The molecule has 3 heterocycles. The molecule has 0 spiro atoms. The Hall–Kier alpha value is -4.42. The molecule has 3 N–H and O–H groups in total. The van der Waals surface area contributed by atoms with E-state index in [1.165, 1.54) is 31.2 Å². The van der Waals surface area contributed by atoms with Gasteiger partial charge in [-0.25, -0.2) is 14.8 Å². The van der Waals surface area contributed by atoms with Crippen molar-refractivity contribution in [3.63, 3.8) is 0 Å². The van der Waals surface area contributed by atoms with E-state index in [1.807, 2.05) is 0 Å². The SMILES string of the molecule is COC(=O)CC[C@H](NC(=O)c1ccc(CCn2cnc3nc(NC(=O)C(C)(C)C)cc-3c2O)o1)C(=O)OC. The molecule has 0 saturated heterocycles. The molecule has 1 atom stereocenters. The summed E-state index contributed by atoms with van der Waals surface area (Å²) in [6.45, 7) is 5.60. The number of furan rings is 1. The number of nitrogens with zero attached hydrogens (tertiary/aromatic N) is 3. The first-order valence-electron chi connectivity index (χ1n) is 11.8. The van der Waals surface area contributed by atoms with E-state index in [4.69, 9.17) is 9.15 Å². The molecule has 0 bridgehead atoms. The molecule has 204 valence electrons. The number of anilines is 1. The van der Waals surface area contributed by atoms with Crippen LogP contribution in [-0.4, -0.2) is 63.7 Å². The van der Waals surface area contributed by atoms with E-state index < -0.39 is 29.3 Å². The fourth-order valence-corrected chi connectivity index (χ4v) is 3.39. The summed E-state index contributed by atoms with van der Waals surface area (Å²) < 4.78 is 16.3. The third kappa shape index (κ3) is 6.87. The number of hydrogen-bond donors (Lipinski definition) is 3. The van der Waals surface area contributed by atoms with Crippen LogP contribution in [0, 0.1) is 5.41 Å². The smallest absolute Gasteiger partial charge is 0.328 e. The largest absolute Gasteiger partial charge is 0.494 e. The van der Waals surface area contributed by atoms with Crippen molar-refractivity contribution in [3.05, 3.63) is 36.0 Å². The lowest BCUT2D eigenvalue weighted by molar-refractivity contribution is -0.144. The standard InChI is InChI=1S/C25H31N5O8/c1-25(2,3)24(35)29-18-12-15-20(28-18)26-13-30(22(15)33)11-10-14-6-8-17(38-14)21(32)27-16(23(34)37-5)7-9-19(31)36-4/h6,8,12-13,16,33H,7,9-11H2,1-5H3,(H,27,32)(H,29,35)/t16-/m0/s1. The number of esters is 2. The molecule has 3 rings (SSSR count). The van der Waals surface area contributed by atoms with E-state index in [0.29, 0.717) is 23.6 Å². The van der Waals surface area contributed by atoms with Crippen molar-refractivity contribution < 1.29 is 38.2 Å². The molecular weight excluding hydrogens is 498 g/mol. The van der Waals surface area contributed by atoms with Gasteiger partial charge < -0.3 is 34.2 Å². The van der Waals surface area contributed by atoms with Crippen LogP contribution in [0.4, 0.5) is 5.82 Å². The summed E-state index contributed by atoms with van der Waals surface area (Å²) in [4.78, 5) is 56.7. The first-order valence-corrected chi connectivity index (χ1v) is 11.8. The van der Waals surface area contributed by atoms with Crippen LogP contribution in [0.1, 0.15) is 49.9 Å². The highest BCUT2D eigenvalue weighted by Gasteiger charge is 2.26. The Morgan fingerprint density at radius 1 is 1.16 bits per heavy atom. The molecule has 0 radical (unpaired) electrons. The second-order valence-electron chi connectivity index (χ2n) is 9.52. The van der Waals surface area contributed by atoms with Gasteiger partial charge in [-0.05, 0) is 24.6 Å². The van der Waals surface area contributed by atoms with Crippen molar-refractivity contribution in [2.45, 2.75) is 52.6 Å². The van der Waals surface area contributed by atoms with Crippen molar-refractivity contribution in [2.24, 2.45) is 5.41 Å². The predicted octanol–water partition coefficient (Wildman–Crippen LogP) is 2.13. The fourth-order valence-electron chi connectivity index (χ4n) is 3.39. The maximum absolute atomic E-state index is 12.6. The monoisotopic (exact) mass is 529 g/mol. The summed E-state index contributed by atoms with van der Waals surface area (Å²) >= 11 is 0. The van der Waals surface area contributed by atoms with Crippen molar-refractivity contribution in [2.75, 3.05) is 19.5 Å². The summed E-state index contributed by atoms with van der Waals surface area (Å²) in [6, 6.07) is 3.55. The van der Waals surface area contributed by atoms with Gasteiger partial charge in [-0.2, -0.15) is 0 Å². The van der Waals surface area contributed by atoms with Crippen molar-refractivity contribution >= 4 is 29.6 Å². The molecule has 1 aromatic heterocycles. The minimum atomic E-state index is -1.05. The van der Waals surface area contributed by atoms with E-state index in [9.17, 15) is 24.3 Å².